The van der Waals surface area contributed by atoms with Crippen molar-refractivity contribution < 1.29 is 56.5 Å². The fourth-order valence-electron chi connectivity index (χ4n) is 0.391. The van der Waals surface area contributed by atoms with E-state index in [-0.39, 0.29) is 58.0 Å². The van der Waals surface area contributed by atoms with Gasteiger partial charge >= 0.3 is 51.4 Å². The minimum atomic E-state index is 0. The molecule has 0 aromatic rings. The van der Waals surface area contributed by atoms with Crippen LogP contribution >= 0.6 is 0 Å². The van der Waals surface area contributed by atoms with E-state index < -0.39 is 0 Å². The third kappa shape index (κ3) is 10.3. The molecule has 0 aliphatic rings. The molecule has 0 amide bonds. The van der Waals surface area contributed by atoms with Crippen LogP contribution in [-0.2, 0) is 0 Å². The molecule has 0 fully saturated rings. The zero-order valence-corrected chi connectivity index (χ0v) is 8.64. The van der Waals surface area contributed by atoms with Gasteiger partial charge in [0.15, 0.2) is 0 Å². The van der Waals surface area contributed by atoms with Gasteiger partial charge in [-0.2, -0.15) is 0 Å². The number of allylic oxidation sites excluding steroid dienone is 1. The van der Waals surface area contributed by atoms with Crippen LogP contribution in [0.4, 0.5) is 0 Å². The maximum atomic E-state index is 9.77. The zero-order chi connectivity index (χ0) is 5.54. The minimum absolute atomic E-state index is 0. The van der Waals surface area contributed by atoms with Crippen molar-refractivity contribution in [3.8, 4) is 0 Å². The molecule has 0 aliphatic carbocycles. The van der Waals surface area contributed by atoms with Crippen LogP contribution in [0.25, 0.3) is 0 Å². The molecule has 0 saturated heterocycles. The Morgan fingerprint density at radius 2 is 2.00 bits per heavy atom. The summed E-state index contributed by atoms with van der Waals surface area (Å²) in [7, 11) is 0. The van der Waals surface area contributed by atoms with Crippen LogP contribution in [0.15, 0.2) is 12.7 Å². The Balaban J connectivity index is 0. The second kappa shape index (κ2) is 11.2. The fourth-order valence-corrected chi connectivity index (χ4v) is 0.391. The second-order valence-corrected chi connectivity index (χ2v) is 1.49. The van der Waals surface area contributed by atoms with Crippen LogP contribution in [0.1, 0.15) is 19.3 Å². The standard InChI is InChI=1S/C6H11O.K/c1-2-3-4-5-6-7;/h2H,1,3-6H2;/q-1;+1. The average molecular weight is 138 g/mol. The molecule has 0 aromatic carbocycles. The quantitative estimate of drug-likeness (QED) is 0.243. The molecule has 0 atom stereocenters. The molecular formula is C6H11KO. The molecule has 0 rings (SSSR count). The summed E-state index contributed by atoms with van der Waals surface area (Å²) in [5.41, 5.74) is 0. The predicted octanol–water partition coefficient (Wildman–Crippen LogP) is -2.29. The Kier molecular flexibility index (Phi) is 16.8. The first-order valence-electron chi connectivity index (χ1n) is 2.61. The van der Waals surface area contributed by atoms with E-state index in [9.17, 15) is 5.11 Å². The van der Waals surface area contributed by atoms with Crippen molar-refractivity contribution in [2.24, 2.45) is 0 Å². The van der Waals surface area contributed by atoms with Gasteiger partial charge in [0.25, 0.3) is 0 Å². The van der Waals surface area contributed by atoms with Gasteiger partial charge < -0.3 is 5.11 Å². The number of hydrogen-bond donors (Lipinski definition) is 0. The van der Waals surface area contributed by atoms with Crippen molar-refractivity contribution in [3.63, 3.8) is 0 Å². The summed E-state index contributed by atoms with van der Waals surface area (Å²) in [4.78, 5) is 0. The number of rotatable bonds is 4. The zero-order valence-electron chi connectivity index (χ0n) is 5.52. The molecule has 42 valence electrons. The van der Waals surface area contributed by atoms with Crippen LogP contribution in [-0.4, -0.2) is 6.61 Å². The number of unbranched alkanes of at least 4 members (excludes halogenated alkanes) is 2. The largest absolute Gasteiger partial charge is 1.00 e. The maximum absolute atomic E-state index is 9.77. The minimum Gasteiger partial charge on any atom is -0.854 e. The van der Waals surface area contributed by atoms with Crippen LogP contribution < -0.4 is 56.5 Å². The topological polar surface area (TPSA) is 23.1 Å². The molecule has 0 bridgehead atoms. The van der Waals surface area contributed by atoms with E-state index in [1.807, 2.05) is 6.08 Å². The molecule has 2 heteroatoms. The van der Waals surface area contributed by atoms with E-state index in [1.165, 1.54) is 0 Å². The summed E-state index contributed by atoms with van der Waals surface area (Å²) >= 11 is 0. The first-order chi connectivity index (χ1) is 3.41. The summed E-state index contributed by atoms with van der Waals surface area (Å²) < 4.78 is 0. The molecule has 0 spiro atoms. The molecule has 0 aliphatic heterocycles. The van der Waals surface area contributed by atoms with Crippen molar-refractivity contribution in [2.75, 3.05) is 6.61 Å². The van der Waals surface area contributed by atoms with Crippen molar-refractivity contribution in [3.05, 3.63) is 12.7 Å². The third-order valence-corrected chi connectivity index (χ3v) is 0.803. The van der Waals surface area contributed by atoms with E-state index >= 15 is 0 Å². The Bertz CT molecular complexity index is 45.8. The van der Waals surface area contributed by atoms with Gasteiger partial charge in [-0.1, -0.05) is 18.9 Å². The van der Waals surface area contributed by atoms with Gasteiger partial charge in [-0.05, 0) is 6.42 Å². The van der Waals surface area contributed by atoms with Gasteiger partial charge in [0.05, 0.1) is 0 Å². The van der Waals surface area contributed by atoms with Crippen molar-refractivity contribution >= 4 is 0 Å². The smallest absolute Gasteiger partial charge is 0.854 e. The molecule has 0 unspecified atom stereocenters. The third-order valence-electron chi connectivity index (χ3n) is 0.803. The maximum Gasteiger partial charge on any atom is 1.00 e. The second-order valence-electron chi connectivity index (χ2n) is 1.49. The van der Waals surface area contributed by atoms with Gasteiger partial charge in [-0.3, -0.25) is 0 Å². The van der Waals surface area contributed by atoms with Gasteiger partial charge in [0, 0.05) is 0 Å². The Labute approximate surface area is 93.6 Å². The SMILES string of the molecule is C=CCCCC[O-].[K+]. The van der Waals surface area contributed by atoms with E-state index in [0.717, 1.165) is 19.3 Å². The molecule has 0 heterocycles. The molecule has 0 N–H and O–H groups in total. The molecule has 0 saturated carbocycles. The molecule has 0 aromatic heterocycles. The summed E-state index contributed by atoms with van der Waals surface area (Å²) in [6.07, 6.45) is 4.64. The van der Waals surface area contributed by atoms with E-state index in [4.69, 9.17) is 0 Å². The molecule has 1 nitrogen and oxygen atoms in total. The van der Waals surface area contributed by atoms with Crippen LogP contribution in [0.5, 0.6) is 0 Å². The average Bonchev–Trinajstić information content (AvgIpc) is 1.69. The van der Waals surface area contributed by atoms with E-state index in [1.54, 1.807) is 0 Å². The van der Waals surface area contributed by atoms with Crippen molar-refractivity contribution in [1.29, 1.82) is 0 Å². The van der Waals surface area contributed by atoms with E-state index in [0.29, 0.717) is 0 Å². The van der Waals surface area contributed by atoms with Gasteiger partial charge in [-0.25, -0.2) is 0 Å². The first kappa shape index (κ1) is 12.1. The monoisotopic (exact) mass is 138 g/mol. The first-order valence-corrected chi connectivity index (χ1v) is 2.61. The molecule has 8 heavy (non-hydrogen) atoms. The molecule has 0 radical (unpaired) electrons. The summed E-state index contributed by atoms with van der Waals surface area (Å²) in [6.45, 7) is 3.59. The van der Waals surface area contributed by atoms with Crippen molar-refractivity contribution in [2.45, 2.75) is 19.3 Å². The van der Waals surface area contributed by atoms with Crippen molar-refractivity contribution in [1.82, 2.24) is 0 Å². The normalized spacial score (nSPS) is 7.62. The summed E-state index contributed by atoms with van der Waals surface area (Å²) in [5.74, 6) is 0. The van der Waals surface area contributed by atoms with Crippen LogP contribution in [0, 0.1) is 0 Å². The summed E-state index contributed by atoms with van der Waals surface area (Å²) in [5, 5.41) is 9.77. The fraction of sp³-hybridized carbons (Fsp3) is 0.667. The van der Waals surface area contributed by atoms with Gasteiger partial charge in [0.2, 0.25) is 0 Å². The molecular weight excluding hydrogens is 127 g/mol. The van der Waals surface area contributed by atoms with E-state index in [2.05, 4.69) is 6.58 Å². The Morgan fingerprint density at radius 3 is 2.38 bits per heavy atom. The van der Waals surface area contributed by atoms with Crippen LogP contribution in [0.2, 0.25) is 0 Å². The summed E-state index contributed by atoms with van der Waals surface area (Å²) in [6, 6.07) is 0. The Hall–Kier alpha value is 1.34. The van der Waals surface area contributed by atoms with Crippen LogP contribution in [0.3, 0.4) is 0 Å². The Morgan fingerprint density at radius 1 is 1.38 bits per heavy atom. The van der Waals surface area contributed by atoms with Gasteiger partial charge in [-0.15, -0.1) is 13.2 Å². The number of hydrogen-bond acceptors (Lipinski definition) is 1. The van der Waals surface area contributed by atoms with Gasteiger partial charge in [0.1, 0.15) is 0 Å². The predicted molar refractivity (Wildman–Crippen MR) is 28.9 cm³/mol.